The van der Waals surface area contributed by atoms with Gasteiger partial charge in [0, 0.05) is 25.0 Å². The molecule has 1 fully saturated rings. The number of benzene rings is 1. The van der Waals surface area contributed by atoms with Crippen LogP contribution in [0.5, 0.6) is 0 Å². The van der Waals surface area contributed by atoms with Crippen molar-refractivity contribution in [2.45, 2.75) is 31.1 Å². The molecule has 4 rings (SSSR count). The number of aryl methyl sites for hydroxylation is 2. The van der Waals surface area contributed by atoms with E-state index in [1.807, 2.05) is 26.0 Å². The number of hydrogen-bond donors (Lipinski definition) is 0. The number of nitrogens with zero attached hydrogens (tertiary/aromatic N) is 4. The van der Waals surface area contributed by atoms with Crippen molar-refractivity contribution in [3.05, 3.63) is 59.7 Å². The average molecular weight is 384 g/mol. The van der Waals surface area contributed by atoms with Gasteiger partial charge in [-0.15, -0.1) is 10.2 Å². The van der Waals surface area contributed by atoms with Gasteiger partial charge in [-0.05, 0) is 44.5 Å². The highest BCUT2D eigenvalue weighted by atomic mass is 32.2. The monoisotopic (exact) mass is 384 g/mol. The van der Waals surface area contributed by atoms with E-state index in [1.54, 1.807) is 30.5 Å². The number of aromatic nitrogens is 3. The van der Waals surface area contributed by atoms with Gasteiger partial charge in [-0.3, -0.25) is 4.98 Å². The standard InChI is InChI=1S/C19H20N4O3S/c1-13-3-7-17(8-4-13)27(24,25)23-10-9-16(12-23)19-22-21-18(26-19)15-6-5-14(2)20-11-15/h3-8,11,16H,9-10,12H2,1-2H3/t16-/m0/s1. The van der Waals surface area contributed by atoms with Crippen LogP contribution < -0.4 is 0 Å². The zero-order chi connectivity index (χ0) is 19.0. The van der Waals surface area contributed by atoms with Crippen LogP contribution in [0.4, 0.5) is 0 Å². The molecule has 1 aliphatic heterocycles. The maximum Gasteiger partial charge on any atom is 0.249 e. The Labute approximate surface area is 158 Å². The Bertz CT molecular complexity index is 1040. The smallest absolute Gasteiger partial charge is 0.249 e. The minimum atomic E-state index is -3.51. The Morgan fingerprint density at radius 3 is 2.56 bits per heavy atom. The summed E-state index contributed by atoms with van der Waals surface area (Å²) in [5.74, 6) is 0.759. The molecule has 1 saturated heterocycles. The molecule has 7 nitrogen and oxygen atoms in total. The lowest BCUT2D eigenvalue weighted by molar-refractivity contribution is 0.440. The third kappa shape index (κ3) is 3.50. The van der Waals surface area contributed by atoms with Crippen LogP contribution in [0.15, 0.2) is 51.9 Å². The molecule has 1 atom stereocenters. The lowest BCUT2D eigenvalue weighted by Gasteiger charge is -2.16. The van der Waals surface area contributed by atoms with E-state index in [-0.39, 0.29) is 5.92 Å². The highest BCUT2D eigenvalue weighted by molar-refractivity contribution is 7.89. The second kappa shape index (κ2) is 6.86. The van der Waals surface area contributed by atoms with Crippen molar-refractivity contribution in [3.8, 4) is 11.5 Å². The fourth-order valence-corrected chi connectivity index (χ4v) is 4.62. The van der Waals surface area contributed by atoms with Gasteiger partial charge in [0.05, 0.1) is 16.4 Å². The van der Waals surface area contributed by atoms with Gasteiger partial charge in [-0.1, -0.05) is 17.7 Å². The summed E-state index contributed by atoms with van der Waals surface area (Å²) in [5, 5.41) is 8.22. The van der Waals surface area contributed by atoms with Crippen molar-refractivity contribution in [2.75, 3.05) is 13.1 Å². The van der Waals surface area contributed by atoms with E-state index in [4.69, 9.17) is 4.42 Å². The second-order valence-electron chi connectivity index (χ2n) is 6.80. The van der Waals surface area contributed by atoms with E-state index in [9.17, 15) is 8.42 Å². The van der Waals surface area contributed by atoms with Crippen LogP contribution in [0.2, 0.25) is 0 Å². The summed E-state index contributed by atoms with van der Waals surface area (Å²) in [7, 11) is -3.51. The Morgan fingerprint density at radius 2 is 1.85 bits per heavy atom. The molecule has 0 N–H and O–H groups in total. The van der Waals surface area contributed by atoms with Crippen molar-refractivity contribution < 1.29 is 12.8 Å². The Hall–Kier alpha value is -2.58. The molecule has 0 amide bonds. The molecule has 2 aromatic heterocycles. The van der Waals surface area contributed by atoms with E-state index in [0.29, 0.717) is 36.2 Å². The molecule has 0 unspecified atom stereocenters. The van der Waals surface area contributed by atoms with Crippen LogP contribution in [-0.2, 0) is 10.0 Å². The maximum absolute atomic E-state index is 12.8. The summed E-state index contributed by atoms with van der Waals surface area (Å²) in [6.07, 6.45) is 2.34. The van der Waals surface area contributed by atoms with Crippen LogP contribution in [0.25, 0.3) is 11.5 Å². The molecule has 0 saturated carbocycles. The zero-order valence-corrected chi connectivity index (χ0v) is 16.0. The Balaban J connectivity index is 1.51. The van der Waals surface area contributed by atoms with Gasteiger partial charge in [0.2, 0.25) is 21.8 Å². The first-order valence-corrected chi connectivity index (χ1v) is 10.2. The number of sulfonamides is 1. The van der Waals surface area contributed by atoms with Crippen molar-refractivity contribution in [1.29, 1.82) is 0 Å². The molecule has 1 aliphatic rings. The molecule has 1 aromatic carbocycles. The summed E-state index contributed by atoms with van der Waals surface area (Å²) in [4.78, 5) is 4.54. The van der Waals surface area contributed by atoms with Gasteiger partial charge >= 0.3 is 0 Å². The second-order valence-corrected chi connectivity index (χ2v) is 8.73. The SMILES string of the molecule is Cc1ccc(S(=O)(=O)N2CC[C@H](c3nnc(-c4ccc(C)nc4)o3)C2)cc1. The predicted molar refractivity (Wildman–Crippen MR) is 99.6 cm³/mol. The van der Waals surface area contributed by atoms with Crippen LogP contribution in [-0.4, -0.2) is 41.0 Å². The van der Waals surface area contributed by atoms with E-state index in [0.717, 1.165) is 16.8 Å². The van der Waals surface area contributed by atoms with E-state index in [2.05, 4.69) is 15.2 Å². The van der Waals surface area contributed by atoms with E-state index < -0.39 is 10.0 Å². The van der Waals surface area contributed by atoms with E-state index >= 15 is 0 Å². The largest absolute Gasteiger partial charge is 0.420 e. The van der Waals surface area contributed by atoms with Crippen LogP contribution in [0.3, 0.4) is 0 Å². The van der Waals surface area contributed by atoms with Crippen LogP contribution in [0, 0.1) is 13.8 Å². The van der Waals surface area contributed by atoms with Gasteiger partial charge in [0.15, 0.2) is 0 Å². The Kier molecular flexibility index (Phi) is 4.53. The lowest BCUT2D eigenvalue weighted by Crippen LogP contribution is -2.28. The molecule has 3 heterocycles. The lowest BCUT2D eigenvalue weighted by atomic mass is 10.1. The van der Waals surface area contributed by atoms with Crippen molar-refractivity contribution in [1.82, 2.24) is 19.5 Å². The summed E-state index contributed by atoms with van der Waals surface area (Å²) in [6, 6.07) is 10.7. The van der Waals surface area contributed by atoms with Gasteiger partial charge in [0.25, 0.3) is 0 Å². The van der Waals surface area contributed by atoms with Gasteiger partial charge in [0.1, 0.15) is 0 Å². The summed E-state index contributed by atoms with van der Waals surface area (Å²) in [5.41, 5.74) is 2.69. The number of rotatable bonds is 4. The van der Waals surface area contributed by atoms with E-state index in [1.165, 1.54) is 4.31 Å². The molecule has 3 aromatic rings. The third-order valence-corrected chi connectivity index (χ3v) is 6.64. The zero-order valence-electron chi connectivity index (χ0n) is 15.2. The minimum Gasteiger partial charge on any atom is -0.420 e. The maximum atomic E-state index is 12.8. The number of pyridine rings is 1. The minimum absolute atomic E-state index is 0.107. The van der Waals surface area contributed by atoms with Crippen molar-refractivity contribution >= 4 is 10.0 Å². The van der Waals surface area contributed by atoms with Crippen molar-refractivity contribution in [3.63, 3.8) is 0 Å². The average Bonchev–Trinajstić information content (AvgIpc) is 3.32. The van der Waals surface area contributed by atoms with Crippen molar-refractivity contribution in [2.24, 2.45) is 0 Å². The highest BCUT2D eigenvalue weighted by Crippen LogP contribution is 2.31. The van der Waals surface area contributed by atoms with Crippen LogP contribution in [0.1, 0.15) is 29.5 Å². The molecular formula is C19H20N4O3S. The normalized spacial score (nSPS) is 18.1. The number of hydrogen-bond acceptors (Lipinski definition) is 6. The molecule has 0 aliphatic carbocycles. The molecule has 27 heavy (non-hydrogen) atoms. The molecule has 0 spiro atoms. The summed E-state index contributed by atoms with van der Waals surface area (Å²) in [6.45, 7) is 4.61. The third-order valence-electron chi connectivity index (χ3n) is 4.76. The molecule has 8 heteroatoms. The fraction of sp³-hybridized carbons (Fsp3) is 0.316. The summed E-state index contributed by atoms with van der Waals surface area (Å²) < 4.78 is 32.9. The first-order valence-electron chi connectivity index (χ1n) is 8.77. The predicted octanol–water partition coefficient (Wildman–Crippen LogP) is 2.93. The molecule has 140 valence electrons. The molecular weight excluding hydrogens is 364 g/mol. The first kappa shape index (κ1) is 17.8. The van der Waals surface area contributed by atoms with Gasteiger partial charge in [-0.25, -0.2) is 8.42 Å². The summed E-state index contributed by atoms with van der Waals surface area (Å²) >= 11 is 0. The highest BCUT2D eigenvalue weighted by Gasteiger charge is 2.35. The quantitative estimate of drug-likeness (QED) is 0.687. The molecule has 0 bridgehead atoms. The van der Waals surface area contributed by atoms with Crippen LogP contribution >= 0.6 is 0 Å². The fourth-order valence-electron chi connectivity index (χ4n) is 3.12. The topological polar surface area (TPSA) is 89.2 Å². The Morgan fingerprint density at radius 1 is 1.07 bits per heavy atom. The van der Waals surface area contributed by atoms with Gasteiger partial charge in [-0.2, -0.15) is 4.31 Å². The van der Waals surface area contributed by atoms with Gasteiger partial charge < -0.3 is 4.42 Å². The first-order chi connectivity index (χ1) is 12.9. The molecule has 0 radical (unpaired) electrons.